The van der Waals surface area contributed by atoms with E-state index in [-0.39, 0.29) is 13.1 Å². The van der Waals surface area contributed by atoms with E-state index in [0.29, 0.717) is 0 Å². The van der Waals surface area contributed by atoms with Crippen molar-refractivity contribution < 1.29 is 8.78 Å². The molecule has 0 aliphatic carbocycles. The van der Waals surface area contributed by atoms with Gasteiger partial charge in [0.05, 0.1) is 0 Å². The maximum Gasteiger partial charge on any atom is 0.146 e. The quantitative estimate of drug-likeness (QED) is 0.421. The normalized spacial score (nSPS) is 42.0. The topological polar surface area (TPSA) is 14.1 Å². The van der Waals surface area contributed by atoms with Crippen molar-refractivity contribution in [1.82, 2.24) is 5.32 Å². The van der Waals surface area contributed by atoms with E-state index in [1.807, 2.05) is 0 Å². The SMILES string of the molecule is F[C@H]1C[N]C[C@@H]1F. The van der Waals surface area contributed by atoms with Crippen molar-refractivity contribution in [2.45, 2.75) is 12.3 Å². The first kappa shape index (κ1) is 4.97. The first-order chi connectivity index (χ1) is 3.30. The Kier molecular flexibility index (Phi) is 1.23. The lowest BCUT2D eigenvalue weighted by molar-refractivity contribution is 0.217. The van der Waals surface area contributed by atoms with Crippen molar-refractivity contribution in [3.63, 3.8) is 0 Å². The zero-order chi connectivity index (χ0) is 5.28. The van der Waals surface area contributed by atoms with Crippen LogP contribution in [0.25, 0.3) is 0 Å². The third-order valence-corrected chi connectivity index (χ3v) is 0.999. The van der Waals surface area contributed by atoms with Crippen LogP contribution in [0.2, 0.25) is 0 Å². The molecule has 1 rings (SSSR count). The van der Waals surface area contributed by atoms with Crippen molar-refractivity contribution >= 4 is 0 Å². The minimum absolute atomic E-state index is 0.0567. The van der Waals surface area contributed by atoms with Crippen LogP contribution in [0.4, 0.5) is 8.78 Å². The average Bonchev–Trinajstić information content (AvgIpc) is 1.91. The summed E-state index contributed by atoms with van der Waals surface area (Å²) in [6.07, 6.45) is -2.64. The van der Waals surface area contributed by atoms with Gasteiger partial charge in [-0.25, -0.2) is 14.1 Å². The van der Waals surface area contributed by atoms with Gasteiger partial charge in [0.2, 0.25) is 0 Å². The smallest absolute Gasteiger partial charge is 0.146 e. The van der Waals surface area contributed by atoms with E-state index in [2.05, 4.69) is 5.32 Å². The number of halogens is 2. The first-order valence-electron chi connectivity index (χ1n) is 2.22. The van der Waals surface area contributed by atoms with Gasteiger partial charge in [0, 0.05) is 13.1 Å². The Morgan fingerprint density at radius 2 is 1.57 bits per heavy atom. The third-order valence-electron chi connectivity index (χ3n) is 0.999. The highest BCUT2D eigenvalue weighted by atomic mass is 19.2. The van der Waals surface area contributed by atoms with E-state index in [0.717, 1.165) is 0 Å². The van der Waals surface area contributed by atoms with Crippen LogP contribution in [0, 0.1) is 0 Å². The molecular weight excluding hydrogens is 100 g/mol. The predicted octanol–water partition coefficient (Wildman–Crippen LogP) is 0.281. The first-order valence-corrected chi connectivity index (χ1v) is 2.22. The van der Waals surface area contributed by atoms with Gasteiger partial charge in [-0.15, -0.1) is 0 Å². The van der Waals surface area contributed by atoms with Gasteiger partial charge in [-0.05, 0) is 0 Å². The van der Waals surface area contributed by atoms with Crippen LogP contribution >= 0.6 is 0 Å². The second-order valence-electron chi connectivity index (χ2n) is 1.62. The molecule has 1 aliphatic heterocycles. The molecule has 41 valence electrons. The van der Waals surface area contributed by atoms with Crippen molar-refractivity contribution in [2.75, 3.05) is 13.1 Å². The Balaban J connectivity index is 2.33. The Morgan fingerprint density at radius 1 is 1.14 bits per heavy atom. The Morgan fingerprint density at radius 3 is 1.71 bits per heavy atom. The fraction of sp³-hybridized carbons (Fsp3) is 1.00. The number of hydrogen-bond acceptors (Lipinski definition) is 0. The summed E-state index contributed by atoms with van der Waals surface area (Å²) < 4.78 is 23.7. The lowest BCUT2D eigenvalue weighted by Crippen LogP contribution is -2.12. The summed E-state index contributed by atoms with van der Waals surface area (Å²) in [6, 6.07) is 0. The number of alkyl halides is 2. The summed E-state index contributed by atoms with van der Waals surface area (Å²) in [5.41, 5.74) is 0. The molecule has 1 nitrogen and oxygen atoms in total. The fourth-order valence-corrected chi connectivity index (χ4v) is 0.550. The number of rotatable bonds is 0. The van der Waals surface area contributed by atoms with E-state index in [4.69, 9.17) is 0 Å². The molecule has 0 aromatic heterocycles. The second-order valence-corrected chi connectivity index (χ2v) is 1.62. The van der Waals surface area contributed by atoms with Gasteiger partial charge in [-0.1, -0.05) is 0 Å². The van der Waals surface area contributed by atoms with E-state index in [1.54, 1.807) is 0 Å². The molecule has 0 aromatic rings. The standard InChI is InChI=1S/C4H6F2N/c5-3-1-7-2-4(3)6/h3-4H,1-2H2/t3-,4-/m0/s1. The Labute approximate surface area is 40.7 Å². The summed E-state index contributed by atoms with van der Waals surface area (Å²) in [7, 11) is 0. The van der Waals surface area contributed by atoms with Crippen molar-refractivity contribution in [3.8, 4) is 0 Å². The second kappa shape index (κ2) is 1.74. The van der Waals surface area contributed by atoms with Crippen LogP contribution in [-0.4, -0.2) is 25.4 Å². The van der Waals surface area contributed by atoms with Crippen LogP contribution in [0.5, 0.6) is 0 Å². The summed E-state index contributed by atoms with van der Waals surface area (Å²) in [6.45, 7) is 0.113. The van der Waals surface area contributed by atoms with Gasteiger partial charge in [-0.2, -0.15) is 0 Å². The zero-order valence-corrected chi connectivity index (χ0v) is 3.77. The monoisotopic (exact) mass is 106 g/mol. The van der Waals surface area contributed by atoms with Gasteiger partial charge in [-0.3, -0.25) is 0 Å². The summed E-state index contributed by atoms with van der Waals surface area (Å²) >= 11 is 0. The van der Waals surface area contributed by atoms with Crippen molar-refractivity contribution in [1.29, 1.82) is 0 Å². The third kappa shape index (κ3) is 0.881. The van der Waals surface area contributed by atoms with Crippen LogP contribution in [0.1, 0.15) is 0 Å². The molecule has 2 atom stereocenters. The van der Waals surface area contributed by atoms with Crippen LogP contribution < -0.4 is 5.32 Å². The molecule has 0 amide bonds. The zero-order valence-electron chi connectivity index (χ0n) is 3.77. The molecule has 0 N–H and O–H groups in total. The minimum Gasteiger partial charge on any atom is -0.243 e. The fourth-order valence-electron chi connectivity index (χ4n) is 0.550. The molecule has 1 fully saturated rings. The molecule has 3 heteroatoms. The molecule has 7 heavy (non-hydrogen) atoms. The molecule has 1 radical (unpaired) electrons. The highest BCUT2D eigenvalue weighted by Gasteiger charge is 2.26. The highest BCUT2D eigenvalue weighted by molar-refractivity contribution is 4.79. The minimum atomic E-state index is -1.32. The van der Waals surface area contributed by atoms with E-state index >= 15 is 0 Å². The average molecular weight is 106 g/mol. The van der Waals surface area contributed by atoms with Crippen molar-refractivity contribution in [2.24, 2.45) is 0 Å². The lowest BCUT2D eigenvalue weighted by atomic mass is 10.3. The molecule has 1 heterocycles. The molecule has 1 saturated heterocycles. The predicted molar refractivity (Wildman–Crippen MR) is 21.7 cm³/mol. The number of nitrogens with zero attached hydrogens (tertiary/aromatic N) is 1. The largest absolute Gasteiger partial charge is 0.243 e. The van der Waals surface area contributed by atoms with Crippen LogP contribution in [-0.2, 0) is 0 Å². The van der Waals surface area contributed by atoms with Gasteiger partial charge >= 0.3 is 0 Å². The maximum absolute atomic E-state index is 11.8. The molecule has 0 aromatic carbocycles. The Hall–Kier alpha value is -0.180. The summed E-state index contributed by atoms with van der Waals surface area (Å²) in [5, 5.41) is 3.50. The van der Waals surface area contributed by atoms with E-state index in [9.17, 15) is 8.78 Å². The van der Waals surface area contributed by atoms with Crippen LogP contribution in [0.15, 0.2) is 0 Å². The molecule has 0 saturated carbocycles. The van der Waals surface area contributed by atoms with E-state index < -0.39 is 12.3 Å². The maximum atomic E-state index is 11.8. The van der Waals surface area contributed by atoms with Gasteiger partial charge in [0.25, 0.3) is 0 Å². The van der Waals surface area contributed by atoms with Gasteiger partial charge < -0.3 is 0 Å². The number of hydrogen-bond donors (Lipinski definition) is 0. The van der Waals surface area contributed by atoms with Gasteiger partial charge in [0.1, 0.15) is 12.3 Å². The highest BCUT2D eigenvalue weighted by Crippen LogP contribution is 2.07. The molecule has 0 unspecified atom stereocenters. The van der Waals surface area contributed by atoms with Crippen LogP contribution in [0.3, 0.4) is 0 Å². The molecule has 1 aliphatic rings. The molecule has 0 spiro atoms. The molecular formula is C4H6F2N. The lowest BCUT2D eigenvalue weighted by Gasteiger charge is -1.94. The summed E-state index contributed by atoms with van der Waals surface area (Å²) in [5.74, 6) is 0. The summed E-state index contributed by atoms with van der Waals surface area (Å²) in [4.78, 5) is 0. The Bertz CT molecular complexity index is 58.7. The molecule has 0 bridgehead atoms. The van der Waals surface area contributed by atoms with Crippen molar-refractivity contribution in [3.05, 3.63) is 0 Å². The van der Waals surface area contributed by atoms with Gasteiger partial charge in [0.15, 0.2) is 0 Å². The van der Waals surface area contributed by atoms with E-state index in [1.165, 1.54) is 0 Å².